The number of piperidine rings is 2. The maximum absolute atomic E-state index is 13.2. The summed E-state index contributed by atoms with van der Waals surface area (Å²) in [5.74, 6) is 0.649. The van der Waals surface area contributed by atoms with Crippen LogP contribution >= 0.6 is 11.3 Å². The Morgan fingerprint density at radius 3 is 2.79 bits per heavy atom. The molecule has 2 saturated heterocycles. The molecule has 3 heterocycles. The molecular weight excluding hydrogens is 453 g/mol. The molecule has 2 unspecified atom stereocenters. The van der Waals surface area contributed by atoms with E-state index in [1.807, 2.05) is 12.1 Å². The molecule has 2 aliphatic rings. The topological polar surface area (TPSA) is 86.4 Å². The third-order valence-electron chi connectivity index (χ3n) is 6.79. The van der Waals surface area contributed by atoms with E-state index in [-0.39, 0.29) is 23.7 Å². The van der Waals surface area contributed by atoms with Crippen LogP contribution in [0.1, 0.15) is 47.1 Å². The Kier molecular flexibility index (Phi) is 8.28. The Balaban J connectivity index is 1.30. The number of carbonyl (C=O) groups excluding carboxylic acids is 2. The van der Waals surface area contributed by atoms with Crippen molar-refractivity contribution in [2.24, 2.45) is 11.8 Å². The number of aryl methyl sites for hydroxylation is 1. The third-order valence-corrected chi connectivity index (χ3v) is 7.97. The van der Waals surface area contributed by atoms with Crippen LogP contribution in [0.5, 0.6) is 0 Å². The van der Waals surface area contributed by atoms with E-state index in [2.05, 4.69) is 25.8 Å². The van der Waals surface area contributed by atoms with Crippen molar-refractivity contribution in [1.29, 1.82) is 0 Å². The summed E-state index contributed by atoms with van der Waals surface area (Å²) in [4.78, 5) is 31.8. The number of likely N-dealkylation sites (tertiary alicyclic amines) is 1. The first-order chi connectivity index (χ1) is 16.4. The number of amides is 2. The van der Waals surface area contributed by atoms with Gasteiger partial charge in [0.2, 0.25) is 0 Å². The van der Waals surface area contributed by atoms with Gasteiger partial charge in [0.05, 0.1) is 10.6 Å². The van der Waals surface area contributed by atoms with Crippen LogP contribution < -0.4 is 16.0 Å². The number of carbonyl (C=O) groups is 2. The summed E-state index contributed by atoms with van der Waals surface area (Å²) in [6.07, 6.45) is 4.20. The van der Waals surface area contributed by atoms with Gasteiger partial charge < -0.3 is 15.5 Å². The van der Waals surface area contributed by atoms with Crippen LogP contribution in [0.2, 0.25) is 0 Å². The molecular formula is C25H34FN5O2S. The van der Waals surface area contributed by atoms with Gasteiger partial charge in [-0.3, -0.25) is 10.1 Å². The Labute approximate surface area is 204 Å². The fourth-order valence-corrected chi connectivity index (χ4v) is 6.01. The van der Waals surface area contributed by atoms with E-state index < -0.39 is 0 Å². The second kappa shape index (κ2) is 11.4. The van der Waals surface area contributed by atoms with Crippen molar-refractivity contribution < 1.29 is 14.0 Å². The zero-order valence-electron chi connectivity index (χ0n) is 19.9. The van der Waals surface area contributed by atoms with E-state index in [0.717, 1.165) is 52.0 Å². The minimum atomic E-state index is -0.270. The number of thiazole rings is 1. The summed E-state index contributed by atoms with van der Waals surface area (Å²) < 4.78 is 13.2. The minimum Gasteiger partial charge on any atom is -0.335 e. The van der Waals surface area contributed by atoms with E-state index in [4.69, 9.17) is 0 Å². The Hall–Kier alpha value is -2.36. The highest BCUT2D eigenvalue weighted by molar-refractivity contribution is 7.17. The molecule has 184 valence electrons. The lowest BCUT2D eigenvalue weighted by Gasteiger charge is -2.39. The molecule has 1 aromatic heterocycles. The average Bonchev–Trinajstić information content (AvgIpc) is 3.17. The fourth-order valence-electron chi connectivity index (χ4n) is 5.15. The molecule has 7 nitrogen and oxygen atoms in total. The largest absolute Gasteiger partial charge is 0.335 e. The highest BCUT2D eigenvalue weighted by Crippen LogP contribution is 2.25. The molecule has 2 aliphatic heterocycles. The number of anilines is 1. The summed E-state index contributed by atoms with van der Waals surface area (Å²) in [5.41, 5.74) is 1.84. The van der Waals surface area contributed by atoms with Crippen molar-refractivity contribution in [3.63, 3.8) is 0 Å². The summed E-state index contributed by atoms with van der Waals surface area (Å²) in [6, 6.07) is 6.67. The van der Waals surface area contributed by atoms with Crippen molar-refractivity contribution >= 4 is 28.3 Å². The van der Waals surface area contributed by atoms with Crippen LogP contribution in [0, 0.1) is 24.6 Å². The average molecular weight is 488 g/mol. The first-order valence-corrected chi connectivity index (χ1v) is 12.9. The molecule has 3 atom stereocenters. The highest BCUT2D eigenvalue weighted by atomic mass is 32.1. The fraction of sp³-hybridized carbons (Fsp3) is 0.560. The van der Waals surface area contributed by atoms with Crippen LogP contribution in [0.25, 0.3) is 0 Å². The van der Waals surface area contributed by atoms with Crippen LogP contribution in [-0.2, 0) is 6.42 Å². The van der Waals surface area contributed by atoms with Crippen LogP contribution in [0.4, 0.5) is 14.3 Å². The van der Waals surface area contributed by atoms with Crippen molar-refractivity contribution in [3.8, 4) is 0 Å². The zero-order chi connectivity index (χ0) is 24.1. The van der Waals surface area contributed by atoms with Gasteiger partial charge in [-0.2, -0.15) is 0 Å². The van der Waals surface area contributed by atoms with E-state index in [1.54, 1.807) is 19.1 Å². The molecule has 0 saturated carbocycles. The summed E-state index contributed by atoms with van der Waals surface area (Å²) in [7, 11) is 0. The molecule has 0 bridgehead atoms. The van der Waals surface area contributed by atoms with Crippen LogP contribution in [0.15, 0.2) is 24.3 Å². The van der Waals surface area contributed by atoms with Crippen LogP contribution in [0.3, 0.4) is 0 Å². The summed E-state index contributed by atoms with van der Waals surface area (Å²) in [6.45, 7) is 8.06. The number of hydrogen-bond donors (Lipinski definition) is 3. The Morgan fingerprint density at radius 1 is 1.26 bits per heavy atom. The number of rotatable bonds is 7. The number of halogens is 1. The second-order valence-electron chi connectivity index (χ2n) is 9.55. The van der Waals surface area contributed by atoms with E-state index in [0.29, 0.717) is 27.5 Å². The lowest BCUT2D eigenvalue weighted by molar-refractivity contribution is 0.102. The number of benzene rings is 1. The zero-order valence-corrected chi connectivity index (χ0v) is 20.7. The van der Waals surface area contributed by atoms with Gasteiger partial charge in [-0.25, -0.2) is 14.2 Å². The predicted octanol–water partition coefficient (Wildman–Crippen LogP) is 3.85. The maximum Gasteiger partial charge on any atom is 0.321 e. The van der Waals surface area contributed by atoms with Crippen molar-refractivity contribution in [1.82, 2.24) is 20.5 Å². The van der Waals surface area contributed by atoms with Gasteiger partial charge in [0.1, 0.15) is 5.82 Å². The van der Waals surface area contributed by atoms with Gasteiger partial charge in [0.25, 0.3) is 0 Å². The number of nitrogens with one attached hydrogen (secondary N) is 3. The number of hydrogen-bond acceptors (Lipinski definition) is 6. The molecule has 9 heteroatoms. The molecule has 1 aromatic carbocycles. The summed E-state index contributed by atoms with van der Waals surface area (Å²) >= 11 is 1.21. The van der Waals surface area contributed by atoms with E-state index >= 15 is 0 Å². The van der Waals surface area contributed by atoms with Crippen molar-refractivity contribution in [2.75, 3.05) is 38.0 Å². The van der Waals surface area contributed by atoms with Gasteiger partial charge in [-0.05, 0) is 69.3 Å². The highest BCUT2D eigenvalue weighted by Gasteiger charge is 2.30. The molecule has 2 aromatic rings. The number of nitrogens with zero attached hydrogens (tertiary/aromatic N) is 2. The number of aromatic nitrogens is 1. The normalized spacial score (nSPS) is 23.4. The van der Waals surface area contributed by atoms with Gasteiger partial charge in [-0.15, -0.1) is 0 Å². The number of ketones is 1. The standard InChI is InChI=1S/C25H34FN5O2S/c1-16-23(17(2)32)34-25(28-16)30-24(33)29-22-9-10-27-13-20(22)15-31-11-3-4-19(14-31)12-18-5-7-21(26)8-6-18/h5-8,19-20,22,27H,3-4,9-15H2,1-2H3,(H2,28,29,30,33)/t19?,20?,22-/m1/s1. The number of urea groups is 1. The second-order valence-corrected chi connectivity index (χ2v) is 10.5. The van der Waals surface area contributed by atoms with Crippen molar-refractivity contribution in [3.05, 3.63) is 46.2 Å². The first kappa shape index (κ1) is 24.8. The third kappa shape index (κ3) is 6.61. The van der Waals surface area contributed by atoms with E-state index in [9.17, 15) is 14.0 Å². The number of Topliss-reactive ketones (excluding diaryl/α,β-unsaturated/α-hetero) is 1. The summed E-state index contributed by atoms with van der Waals surface area (Å²) in [5, 5.41) is 9.89. The Morgan fingerprint density at radius 2 is 2.06 bits per heavy atom. The SMILES string of the molecule is CC(=O)c1sc(NC(=O)N[C@@H]2CCNCC2CN2CCCC(Cc3ccc(F)cc3)C2)nc1C. The quantitative estimate of drug-likeness (QED) is 0.517. The molecule has 34 heavy (non-hydrogen) atoms. The molecule has 2 fully saturated rings. The van der Waals surface area contributed by atoms with Crippen LogP contribution in [-0.4, -0.2) is 60.5 Å². The van der Waals surface area contributed by atoms with Gasteiger partial charge in [-0.1, -0.05) is 23.5 Å². The molecule has 0 aliphatic carbocycles. The molecule has 3 N–H and O–H groups in total. The molecule has 0 radical (unpaired) electrons. The first-order valence-electron chi connectivity index (χ1n) is 12.1. The minimum absolute atomic E-state index is 0.0406. The van der Waals surface area contributed by atoms with E-state index in [1.165, 1.54) is 30.2 Å². The molecule has 2 amide bonds. The van der Waals surface area contributed by atoms with Gasteiger partial charge >= 0.3 is 6.03 Å². The lowest BCUT2D eigenvalue weighted by Crippen LogP contribution is -2.54. The smallest absolute Gasteiger partial charge is 0.321 e. The predicted molar refractivity (Wildman–Crippen MR) is 133 cm³/mol. The monoisotopic (exact) mass is 487 g/mol. The lowest BCUT2D eigenvalue weighted by atomic mass is 9.88. The van der Waals surface area contributed by atoms with Gasteiger partial charge in [0.15, 0.2) is 10.9 Å². The maximum atomic E-state index is 13.2. The molecule has 0 spiro atoms. The molecule has 4 rings (SSSR count). The van der Waals surface area contributed by atoms with Gasteiger partial charge in [0, 0.05) is 38.5 Å². The Bertz CT molecular complexity index is 996. The van der Waals surface area contributed by atoms with Crippen molar-refractivity contribution in [2.45, 2.75) is 45.6 Å².